The second-order valence-electron chi connectivity index (χ2n) is 9.78. The van der Waals surface area contributed by atoms with Crippen molar-refractivity contribution in [3.8, 4) is 0 Å². The first kappa shape index (κ1) is 44.4. The minimum atomic E-state index is -0.194. The van der Waals surface area contributed by atoms with Gasteiger partial charge >= 0.3 is 55.4 Å². The van der Waals surface area contributed by atoms with E-state index >= 15 is 0 Å². The van der Waals surface area contributed by atoms with E-state index in [1.54, 1.807) is 0 Å². The summed E-state index contributed by atoms with van der Waals surface area (Å²) in [6.07, 6.45) is 0. The molecule has 0 radical (unpaired) electrons. The normalized spacial score (nSPS) is 11.2. The molecule has 0 heterocycles. The van der Waals surface area contributed by atoms with Gasteiger partial charge in [-0.15, -0.1) is 0 Å². The summed E-state index contributed by atoms with van der Waals surface area (Å²) in [4.78, 5) is 0. The van der Waals surface area contributed by atoms with E-state index in [1.165, 1.54) is 0 Å². The Balaban J connectivity index is -0.0000000689. The molecule has 0 rings (SSSR count). The zero-order valence-electron chi connectivity index (χ0n) is 21.6. The Hall–Kier alpha value is 2.76. The molecule has 6 heteroatoms. The van der Waals surface area contributed by atoms with Crippen molar-refractivity contribution in [3.63, 3.8) is 0 Å². The standard InChI is InChI=1S/2C10H23P.2CH3.2ClH.2Pd/c2*1-8(2)11(9(3)4)10(5,6)7;;;;;;/h2*8-9H,1-7H3;2*1H3;2*1H;;/q;;2*-1;;;2*+2/p-1. The van der Waals surface area contributed by atoms with Crippen molar-refractivity contribution in [2.24, 2.45) is 0 Å². The van der Waals surface area contributed by atoms with Gasteiger partial charge < -0.3 is 14.9 Å². The molecule has 0 aliphatic carbocycles. The second-order valence-corrected chi connectivity index (χ2v) is 18.7. The molecule has 0 bridgehead atoms. The number of hydrogen-bond donors (Lipinski definition) is 0. The summed E-state index contributed by atoms with van der Waals surface area (Å²) in [5.41, 5.74) is 3.54. The van der Waals surface area contributed by atoms with Gasteiger partial charge in [0.1, 0.15) is 0 Å². The van der Waals surface area contributed by atoms with Crippen LogP contribution in [-0.4, -0.2) is 32.9 Å². The summed E-state index contributed by atoms with van der Waals surface area (Å²) in [7, 11) is 8.96. The van der Waals surface area contributed by atoms with Gasteiger partial charge in [-0.2, -0.15) is 0 Å². The number of hydrogen-bond acceptors (Lipinski definition) is 0. The molecule has 0 saturated carbocycles. The van der Waals surface area contributed by atoms with Crippen LogP contribution in [-0.2, 0) is 36.4 Å². The molecule has 184 valence electrons. The Labute approximate surface area is 214 Å². The summed E-state index contributed by atoms with van der Waals surface area (Å²) in [6, 6.07) is 0. The van der Waals surface area contributed by atoms with Crippen molar-refractivity contribution in [2.75, 3.05) is 0 Å². The molecule has 0 aromatic rings. The van der Waals surface area contributed by atoms with Gasteiger partial charge in [0.05, 0.1) is 16.5 Å². The Morgan fingerprint density at radius 2 is 0.821 bits per heavy atom. The Morgan fingerprint density at radius 3 is 0.821 bits per heavy atom. The molecule has 0 fully saturated rings. The van der Waals surface area contributed by atoms with Crippen LogP contribution in [0.5, 0.6) is 0 Å². The minimum absolute atomic E-state index is 0. The molecule has 0 aromatic heterocycles. The first-order chi connectivity index (χ1) is 11.5. The summed E-state index contributed by atoms with van der Waals surface area (Å²) >= 11 is 4.44. The van der Waals surface area contributed by atoms with Gasteiger partial charge in [0.2, 0.25) is 0 Å². The van der Waals surface area contributed by atoms with Crippen molar-refractivity contribution in [3.05, 3.63) is 14.9 Å². The van der Waals surface area contributed by atoms with Gasteiger partial charge in [-0.25, -0.2) is 0 Å². The fourth-order valence-electron chi connectivity index (χ4n) is 4.54. The van der Waals surface area contributed by atoms with Crippen LogP contribution in [0.25, 0.3) is 0 Å². The Kier molecular flexibility index (Phi) is 36.4. The van der Waals surface area contributed by atoms with Crippen LogP contribution in [0.4, 0.5) is 0 Å². The van der Waals surface area contributed by atoms with Crippen LogP contribution in [0.1, 0.15) is 96.9 Å². The van der Waals surface area contributed by atoms with Crippen molar-refractivity contribution in [2.45, 2.75) is 130 Å². The summed E-state index contributed by atoms with van der Waals surface area (Å²) in [6.45, 7) is 33.2. The van der Waals surface area contributed by atoms with Gasteiger partial charge in [-0.05, 0) is 64.9 Å². The van der Waals surface area contributed by atoms with E-state index < -0.39 is 0 Å². The third-order valence-electron chi connectivity index (χ3n) is 4.00. The van der Waals surface area contributed by atoms with Crippen LogP contribution < -0.4 is 0 Å². The molecule has 0 nitrogen and oxygen atoms in total. The zero-order valence-corrected chi connectivity index (χ0v) is 28.2. The van der Waals surface area contributed by atoms with Gasteiger partial charge in [-0.1, -0.05) is 56.4 Å². The van der Waals surface area contributed by atoms with Crippen LogP contribution in [0, 0.1) is 14.9 Å². The molecule has 0 atom stereocenters. The third kappa shape index (κ3) is 23.4. The molecule has 28 heavy (non-hydrogen) atoms. The number of rotatable bonds is 4. The maximum atomic E-state index is 4.49. The first-order valence-electron chi connectivity index (χ1n) is 9.43. The van der Waals surface area contributed by atoms with Crippen molar-refractivity contribution >= 4 is 34.9 Å². The molecule has 0 amide bonds. The number of halogens is 2. The molecular formula is C22H53Cl2P2Pd2+. The molecule has 0 spiro atoms. The molecule has 0 aliphatic rings. The predicted octanol–water partition coefficient (Wildman–Crippen LogP) is 10.2. The van der Waals surface area contributed by atoms with Crippen molar-refractivity contribution in [1.29, 1.82) is 0 Å². The van der Waals surface area contributed by atoms with E-state index in [2.05, 4.69) is 152 Å². The van der Waals surface area contributed by atoms with Gasteiger partial charge in [-0.3, -0.25) is 0 Å². The van der Waals surface area contributed by atoms with E-state index in [-0.39, 0.29) is 30.7 Å². The fraction of sp³-hybridized carbons (Fsp3) is 0.909. The molecule has 0 N–H and O–H groups in total. The molecule has 0 saturated heterocycles. The second kappa shape index (κ2) is 22.9. The van der Waals surface area contributed by atoms with E-state index in [0.717, 1.165) is 22.6 Å². The van der Waals surface area contributed by atoms with Gasteiger partial charge in [0.15, 0.2) is 0 Å². The van der Waals surface area contributed by atoms with E-state index in [0.29, 0.717) is 10.3 Å². The molecule has 0 aliphatic heterocycles. The Bertz CT molecular complexity index is 252. The zero-order chi connectivity index (χ0) is 22.5. The fourth-order valence-corrected chi connectivity index (χ4v) is 13.6. The maximum absolute atomic E-state index is 4.49. The van der Waals surface area contributed by atoms with E-state index in [9.17, 15) is 0 Å². The topological polar surface area (TPSA) is 0 Å². The predicted molar refractivity (Wildman–Crippen MR) is 140 cm³/mol. The Morgan fingerprint density at radius 1 is 0.607 bits per heavy atom. The quantitative estimate of drug-likeness (QED) is 0.160. The van der Waals surface area contributed by atoms with Crippen LogP contribution in [0.2, 0.25) is 0 Å². The SMILES string of the molecule is CC(C)P(C(C)C)C(C)(C)C.CC(C)[PH+](C(C)C)C(C)(C)C.[CH3-].[CH3-].[Cl][Pd+].[Cl][Pd+]. The molecular weight excluding hydrogens is 610 g/mol. The molecule has 0 aromatic carbocycles. The summed E-state index contributed by atoms with van der Waals surface area (Å²) < 4.78 is 0. The summed E-state index contributed by atoms with van der Waals surface area (Å²) in [5.74, 6) is 0. The van der Waals surface area contributed by atoms with Crippen LogP contribution >= 0.6 is 34.9 Å². The van der Waals surface area contributed by atoms with Crippen LogP contribution in [0.15, 0.2) is 0 Å². The monoisotopic (exact) mass is 661 g/mol. The van der Waals surface area contributed by atoms with Crippen molar-refractivity contribution in [1.82, 2.24) is 0 Å². The summed E-state index contributed by atoms with van der Waals surface area (Å²) in [5, 5.41) is 1.09. The van der Waals surface area contributed by atoms with Gasteiger partial charge in [0, 0.05) is 7.92 Å². The molecule has 0 unspecified atom stereocenters. The van der Waals surface area contributed by atoms with Crippen LogP contribution in [0.3, 0.4) is 0 Å². The first-order valence-corrected chi connectivity index (χ1v) is 16.6. The van der Waals surface area contributed by atoms with E-state index in [4.69, 9.17) is 0 Å². The van der Waals surface area contributed by atoms with Gasteiger partial charge in [0.25, 0.3) is 0 Å². The van der Waals surface area contributed by atoms with Crippen molar-refractivity contribution < 1.29 is 36.4 Å². The average Bonchev–Trinajstić information content (AvgIpc) is 2.38. The average molecular weight is 663 g/mol. The van der Waals surface area contributed by atoms with E-state index in [1.807, 2.05) is 0 Å². The third-order valence-corrected chi connectivity index (χ3v) is 12.0.